The fourth-order valence-electron chi connectivity index (χ4n) is 2.20. The maximum atomic E-state index is 9.44. The number of rotatable bonds is 2. The normalized spacial score (nSPS) is 11.1. The molecule has 0 radical (unpaired) electrons. The highest BCUT2D eigenvalue weighted by Gasteiger charge is 2.10. The fraction of sp³-hybridized carbons (Fsp3) is 0.0588. The molecule has 3 rings (SSSR count). The molecule has 1 heterocycles. The summed E-state index contributed by atoms with van der Waals surface area (Å²) in [5, 5.41) is 10.4. The zero-order chi connectivity index (χ0) is 15.7. The highest BCUT2D eigenvalue weighted by molar-refractivity contribution is 6.37. The molecule has 6 heteroatoms. The number of nitrogens with one attached hydrogen (secondary N) is 1. The average molecular weight is 365 g/mol. The van der Waals surface area contributed by atoms with Crippen LogP contribution in [0.4, 0.5) is 0 Å². The largest absolute Gasteiger partial charge is 0.337 e. The summed E-state index contributed by atoms with van der Waals surface area (Å²) in [6, 6.07) is 13.3. The van der Waals surface area contributed by atoms with Gasteiger partial charge in [-0.2, -0.15) is 5.26 Å². The number of imidazole rings is 1. The van der Waals surface area contributed by atoms with Crippen LogP contribution in [0.5, 0.6) is 0 Å². The summed E-state index contributed by atoms with van der Waals surface area (Å²) in [4.78, 5) is 7.61. The third kappa shape index (κ3) is 3.51. The Morgan fingerprint density at radius 3 is 2.57 bits per heavy atom. The maximum absolute atomic E-state index is 9.44. The van der Waals surface area contributed by atoms with Gasteiger partial charge < -0.3 is 4.98 Å². The van der Waals surface area contributed by atoms with Gasteiger partial charge in [0, 0.05) is 15.6 Å². The Kier molecular flexibility index (Phi) is 5.33. The molecule has 0 saturated heterocycles. The number of H-pyrrole nitrogens is 1. The van der Waals surface area contributed by atoms with E-state index in [1.165, 1.54) is 0 Å². The van der Waals surface area contributed by atoms with E-state index in [-0.39, 0.29) is 12.4 Å². The molecule has 1 N–H and O–H groups in total. The lowest BCUT2D eigenvalue weighted by Crippen LogP contribution is -1.86. The van der Waals surface area contributed by atoms with E-state index in [1.54, 1.807) is 24.3 Å². The van der Waals surface area contributed by atoms with E-state index in [9.17, 15) is 5.26 Å². The van der Waals surface area contributed by atoms with Crippen molar-refractivity contribution in [2.75, 3.05) is 0 Å². The second kappa shape index (κ2) is 7.06. The number of fused-ring (bicyclic) bond motifs is 1. The molecule has 0 aliphatic rings. The highest BCUT2D eigenvalue weighted by Crippen LogP contribution is 2.28. The van der Waals surface area contributed by atoms with Crippen LogP contribution in [-0.4, -0.2) is 9.97 Å². The van der Waals surface area contributed by atoms with Gasteiger partial charge in [-0.05, 0) is 42.8 Å². The Labute approximate surface area is 150 Å². The van der Waals surface area contributed by atoms with Gasteiger partial charge in [0.05, 0.1) is 16.6 Å². The molecular formula is C17H12Cl3N3. The summed E-state index contributed by atoms with van der Waals surface area (Å²) in [6.45, 7) is 2.00. The molecule has 0 saturated carbocycles. The van der Waals surface area contributed by atoms with Gasteiger partial charge in [0.25, 0.3) is 0 Å². The Bertz CT molecular complexity index is 916. The summed E-state index contributed by atoms with van der Waals surface area (Å²) in [6.07, 6.45) is 1.65. The minimum Gasteiger partial charge on any atom is -0.337 e. The number of benzene rings is 2. The zero-order valence-corrected chi connectivity index (χ0v) is 14.4. The number of aromatic amines is 1. The SMILES string of the molecule is Cc1ccc2nc(C(C#N)=Cc3c(Cl)cccc3Cl)[nH]c2c1.Cl. The Morgan fingerprint density at radius 2 is 1.91 bits per heavy atom. The van der Waals surface area contributed by atoms with Crippen LogP contribution in [0.3, 0.4) is 0 Å². The molecule has 0 bridgehead atoms. The molecule has 2 aromatic carbocycles. The minimum atomic E-state index is 0. The number of hydrogen-bond acceptors (Lipinski definition) is 2. The van der Waals surface area contributed by atoms with E-state index < -0.39 is 0 Å². The molecule has 0 unspecified atom stereocenters. The van der Waals surface area contributed by atoms with Crippen molar-refractivity contribution in [1.82, 2.24) is 9.97 Å². The number of nitrogens with zero attached hydrogens (tertiary/aromatic N) is 2. The van der Waals surface area contributed by atoms with Crippen molar-refractivity contribution in [2.45, 2.75) is 6.92 Å². The number of aryl methyl sites for hydroxylation is 1. The molecule has 0 spiro atoms. The van der Waals surface area contributed by atoms with Gasteiger partial charge in [-0.3, -0.25) is 0 Å². The van der Waals surface area contributed by atoms with Crippen LogP contribution in [0.2, 0.25) is 10.0 Å². The Morgan fingerprint density at radius 1 is 1.22 bits per heavy atom. The van der Waals surface area contributed by atoms with Gasteiger partial charge in [-0.25, -0.2) is 4.98 Å². The number of halogens is 3. The quantitative estimate of drug-likeness (QED) is 0.596. The lowest BCUT2D eigenvalue weighted by atomic mass is 10.1. The summed E-state index contributed by atoms with van der Waals surface area (Å²) < 4.78 is 0. The van der Waals surface area contributed by atoms with Crippen molar-refractivity contribution < 1.29 is 0 Å². The maximum Gasteiger partial charge on any atom is 0.149 e. The van der Waals surface area contributed by atoms with E-state index in [1.807, 2.05) is 25.1 Å². The van der Waals surface area contributed by atoms with Crippen LogP contribution < -0.4 is 0 Å². The van der Waals surface area contributed by atoms with Gasteiger partial charge in [-0.15, -0.1) is 12.4 Å². The van der Waals surface area contributed by atoms with Crippen molar-refractivity contribution in [2.24, 2.45) is 0 Å². The molecule has 0 fully saturated rings. The number of allylic oxidation sites excluding steroid dienone is 1. The first-order valence-corrected chi connectivity index (χ1v) is 7.36. The van der Waals surface area contributed by atoms with E-state index in [2.05, 4.69) is 16.0 Å². The van der Waals surface area contributed by atoms with Gasteiger partial charge >= 0.3 is 0 Å². The molecule has 0 atom stereocenters. The number of aromatic nitrogens is 2. The summed E-state index contributed by atoms with van der Waals surface area (Å²) in [7, 11) is 0. The highest BCUT2D eigenvalue weighted by atomic mass is 35.5. The summed E-state index contributed by atoms with van der Waals surface area (Å²) >= 11 is 12.3. The van der Waals surface area contributed by atoms with Crippen molar-refractivity contribution in [3.05, 3.63) is 63.4 Å². The van der Waals surface area contributed by atoms with Crippen molar-refractivity contribution in [3.8, 4) is 6.07 Å². The lowest BCUT2D eigenvalue weighted by Gasteiger charge is -2.01. The van der Waals surface area contributed by atoms with Gasteiger partial charge in [0.2, 0.25) is 0 Å². The number of nitriles is 1. The monoisotopic (exact) mass is 363 g/mol. The second-order valence-electron chi connectivity index (χ2n) is 4.91. The minimum absolute atomic E-state index is 0. The summed E-state index contributed by atoms with van der Waals surface area (Å²) in [5.41, 5.74) is 3.82. The van der Waals surface area contributed by atoms with Crippen LogP contribution in [0.1, 0.15) is 17.0 Å². The molecule has 3 nitrogen and oxygen atoms in total. The molecule has 0 aliphatic heterocycles. The van der Waals surface area contributed by atoms with Crippen molar-refractivity contribution in [1.29, 1.82) is 5.26 Å². The third-order valence-electron chi connectivity index (χ3n) is 3.30. The topological polar surface area (TPSA) is 52.5 Å². The molecule has 0 aliphatic carbocycles. The molecule has 0 amide bonds. The van der Waals surface area contributed by atoms with Gasteiger partial charge in [-0.1, -0.05) is 35.3 Å². The van der Waals surface area contributed by atoms with E-state index >= 15 is 0 Å². The predicted octanol–water partition coefficient (Wildman–Crippen LogP) is 5.66. The second-order valence-corrected chi connectivity index (χ2v) is 5.73. The van der Waals surface area contributed by atoms with E-state index in [0.29, 0.717) is 27.0 Å². The standard InChI is InChI=1S/C17H11Cl2N3.ClH/c1-10-5-6-15-16(7-10)22-17(21-15)11(9-20)8-12-13(18)3-2-4-14(12)19;/h2-8H,1H3,(H,21,22);1H. The number of hydrogen-bond donors (Lipinski definition) is 1. The van der Waals surface area contributed by atoms with Crippen molar-refractivity contribution >= 4 is 58.3 Å². The predicted molar refractivity (Wildman–Crippen MR) is 98.0 cm³/mol. The Balaban J connectivity index is 0.00000192. The first-order valence-electron chi connectivity index (χ1n) is 6.61. The van der Waals surface area contributed by atoms with Crippen LogP contribution >= 0.6 is 35.6 Å². The zero-order valence-electron chi connectivity index (χ0n) is 12.1. The fourth-order valence-corrected chi connectivity index (χ4v) is 2.70. The average Bonchev–Trinajstić information content (AvgIpc) is 2.89. The lowest BCUT2D eigenvalue weighted by molar-refractivity contribution is 1.27. The molecule has 23 heavy (non-hydrogen) atoms. The van der Waals surface area contributed by atoms with Gasteiger partial charge in [0.15, 0.2) is 0 Å². The van der Waals surface area contributed by atoms with Crippen LogP contribution in [-0.2, 0) is 0 Å². The first-order chi connectivity index (χ1) is 10.6. The van der Waals surface area contributed by atoms with Crippen LogP contribution in [0.25, 0.3) is 22.7 Å². The summed E-state index contributed by atoms with van der Waals surface area (Å²) in [5.74, 6) is 0.499. The first kappa shape index (κ1) is 17.4. The molecule has 116 valence electrons. The van der Waals surface area contributed by atoms with E-state index in [0.717, 1.165) is 16.6 Å². The molecule has 1 aromatic heterocycles. The van der Waals surface area contributed by atoms with Gasteiger partial charge in [0.1, 0.15) is 11.9 Å². The van der Waals surface area contributed by atoms with Crippen LogP contribution in [0, 0.1) is 18.3 Å². The smallest absolute Gasteiger partial charge is 0.149 e. The molecule has 3 aromatic rings. The molecular weight excluding hydrogens is 353 g/mol. The third-order valence-corrected chi connectivity index (χ3v) is 3.96. The van der Waals surface area contributed by atoms with E-state index in [4.69, 9.17) is 23.2 Å². The van der Waals surface area contributed by atoms with Crippen LogP contribution in [0.15, 0.2) is 36.4 Å². The Hall–Kier alpha value is -1.99. The van der Waals surface area contributed by atoms with Crippen molar-refractivity contribution in [3.63, 3.8) is 0 Å².